The fourth-order valence-corrected chi connectivity index (χ4v) is 9.53. The van der Waals surface area contributed by atoms with Crippen LogP contribution in [0.1, 0.15) is 0 Å². The Hall–Kier alpha value is -8.15. The van der Waals surface area contributed by atoms with Crippen molar-refractivity contribution in [1.82, 2.24) is 9.13 Å². The van der Waals surface area contributed by atoms with Crippen molar-refractivity contribution in [3.05, 3.63) is 230 Å². The summed E-state index contributed by atoms with van der Waals surface area (Å²) in [4.78, 5) is 4.59. The van der Waals surface area contributed by atoms with Crippen LogP contribution in [0.3, 0.4) is 0 Å². The standard InChI is InChI=1S/C56H37FN4/c57-38-25-27-43(28-26-38)59(41-19-9-3-10-20-41)51-34-36-54-56-47(51)31-30-46-50(58(39-15-5-1-6-16-39)40-17-7-2-8-18-40)33-35-53(55(46)56)61(54)44-29-32-52-48(37-44)45-23-13-14-24-49(45)60(52)42-21-11-4-12-22-42/h1-37H. The van der Waals surface area contributed by atoms with Gasteiger partial charge in [0.2, 0.25) is 0 Å². The van der Waals surface area contributed by atoms with Gasteiger partial charge in [-0.3, -0.25) is 0 Å². The molecule has 0 bridgehead atoms. The first-order valence-electron chi connectivity index (χ1n) is 20.6. The van der Waals surface area contributed by atoms with Gasteiger partial charge in [-0.15, -0.1) is 0 Å². The molecule has 2 heterocycles. The van der Waals surface area contributed by atoms with Gasteiger partial charge in [-0.2, -0.15) is 0 Å². The molecule has 0 aliphatic rings. The highest BCUT2D eigenvalue weighted by Crippen LogP contribution is 2.49. The lowest BCUT2D eigenvalue weighted by Gasteiger charge is -2.28. The minimum absolute atomic E-state index is 0.265. The molecular weight excluding hydrogens is 748 g/mol. The van der Waals surface area contributed by atoms with Crippen LogP contribution < -0.4 is 9.80 Å². The Labute approximate surface area is 352 Å². The first kappa shape index (κ1) is 34.9. The number of aromatic nitrogens is 2. The van der Waals surface area contributed by atoms with Crippen LogP contribution in [0.4, 0.5) is 38.5 Å². The third-order valence-corrected chi connectivity index (χ3v) is 12.1. The second-order valence-electron chi connectivity index (χ2n) is 15.5. The summed E-state index contributed by atoms with van der Waals surface area (Å²) in [5.74, 6) is -0.265. The zero-order chi connectivity index (χ0) is 40.4. The molecule has 61 heavy (non-hydrogen) atoms. The number of para-hydroxylation sites is 5. The van der Waals surface area contributed by atoms with Crippen molar-refractivity contribution in [1.29, 1.82) is 0 Å². The maximum Gasteiger partial charge on any atom is 0.123 e. The summed E-state index contributed by atoms with van der Waals surface area (Å²) in [6.07, 6.45) is 0. The van der Waals surface area contributed by atoms with Crippen LogP contribution in [-0.2, 0) is 0 Å². The van der Waals surface area contributed by atoms with E-state index < -0.39 is 0 Å². The van der Waals surface area contributed by atoms with E-state index in [0.717, 1.165) is 72.8 Å². The molecule has 12 aromatic rings. The molecule has 0 atom stereocenters. The molecule has 12 rings (SSSR count). The van der Waals surface area contributed by atoms with Crippen LogP contribution in [0.25, 0.3) is 65.8 Å². The molecule has 0 aliphatic carbocycles. The van der Waals surface area contributed by atoms with Gasteiger partial charge in [-0.1, -0.05) is 103 Å². The molecule has 288 valence electrons. The quantitative estimate of drug-likeness (QED) is 0.143. The molecule has 10 aromatic carbocycles. The van der Waals surface area contributed by atoms with Gasteiger partial charge in [0, 0.05) is 66.4 Å². The average Bonchev–Trinajstić information content (AvgIpc) is 3.84. The molecule has 0 unspecified atom stereocenters. The average molecular weight is 785 g/mol. The Morgan fingerprint density at radius 3 is 1.26 bits per heavy atom. The lowest BCUT2D eigenvalue weighted by atomic mass is 9.98. The van der Waals surface area contributed by atoms with Crippen molar-refractivity contribution in [2.24, 2.45) is 0 Å². The Kier molecular flexibility index (Phi) is 8.00. The third kappa shape index (κ3) is 5.52. The molecule has 0 radical (unpaired) electrons. The van der Waals surface area contributed by atoms with E-state index in [4.69, 9.17) is 0 Å². The fourth-order valence-electron chi connectivity index (χ4n) is 9.53. The van der Waals surface area contributed by atoms with E-state index in [0.29, 0.717) is 0 Å². The SMILES string of the molecule is Fc1ccc(N(c2ccccc2)c2ccc3c4c2ccc2c(N(c5ccccc5)c5ccccc5)ccc(c24)n3-c2ccc3c(c2)c2ccccc2n3-c2ccccc2)cc1. The van der Waals surface area contributed by atoms with Crippen LogP contribution in [-0.4, -0.2) is 9.13 Å². The van der Waals surface area contributed by atoms with Gasteiger partial charge in [0.15, 0.2) is 0 Å². The van der Waals surface area contributed by atoms with Crippen molar-refractivity contribution < 1.29 is 4.39 Å². The van der Waals surface area contributed by atoms with Crippen LogP contribution in [0.15, 0.2) is 224 Å². The molecule has 0 saturated carbocycles. The highest BCUT2D eigenvalue weighted by molar-refractivity contribution is 6.29. The maximum atomic E-state index is 14.4. The predicted molar refractivity (Wildman–Crippen MR) is 253 cm³/mol. The molecule has 0 fully saturated rings. The van der Waals surface area contributed by atoms with E-state index in [-0.39, 0.29) is 5.82 Å². The minimum Gasteiger partial charge on any atom is -0.310 e. The van der Waals surface area contributed by atoms with Gasteiger partial charge in [0.05, 0.1) is 33.4 Å². The minimum atomic E-state index is -0.265. The van der Waals surface area contributed by atoms with E-state index in [1.165, 1.54) is 39.2 Å². The zero-order valence-electron chi connectivity index (χ0n) is 33.0. The molecule has 2 aromatic heterocycles. The second kappa shape index (κ2) is 14.0. The van der Waals surface area contributed by atoms with Crippen molar-refractivity contribution in [2.75, 3.05) is 9.80 Å². The molecule has 0 amide bonds. The van der Waals surface area contributed by atoms with Gasteiger partial charge in [0.1, 0.15) is 5.82 Å². The number of hydrogen-bond acceptors (Lipinski definition) is 2. The molecule has 0 spiro atoms. The Morgan fingerprint density at radius 2 is 0.721 bits per heavy atom. The van der Waals surface area contributed by atoms with Crippen molar-refractivity contribution in [3.8, 4) is 11.4 Å². The van der Waals surface area contributed by atoms with Gasteiger partial charge < -0.3 is 18.9 Å². The largest absolute Gasteiger partial charge is 0.310 e. The summed E-state index contributed by atoms with van der Waals surface area (Å²) < 4.78 is 19.2. The number of nitrogens with zero attached hydrogens (tertiary/aromatic N) is 4. The number of anilines is 6. The summed E-state index contributed by atoms with van der Waals surface area (Å²) in [6, 6.07) is 78.2. The number of fused-ring (bicyclic) bond motifs is 3. The predicted octanol–water partition coefficient (Wildman–Crippen LogP) is 15.6. The molecule has 4 nitrogen and oxygen atoms in total. The third-order valence-electron chi connectivity index (χ3n) is 12.1. The van der Waals surface area contributed by atoms with Gasteiger partial charge in [-0.25, -0.2) is 4.39 Å². The molecule has 0 saturated heterocycles. The Morgan fingerprint density at radius 1 is 0.295 bits per heavy atom. The van der Waals surface area contributed by atoms with Crippen LogP contribution in [0.5, 0.6) is 0 Å². The van der Waals surface area contributed by atoms with Crippen LogP contribution in [0.2, 0.25) is 0 Å². The van der Waals surface area contributed by atoms with Crippen LogP contribution >= 0.6 is 0 Å². The lowest BCUT2D eigenvalue weighted by molar-refractivity contribution is 0.628. The van der Waals surface area contributed by atoms with E-state index in [1.54, 1.807) is 0 Å². The Bertz CT molecular complexity index is 3480. The molecule has 0 N–H and O–H groups in total. The van der Waals surface area contributed by atoms with Crippen molar-refractivity contribution in [2.45, 2.75) is 0 Å². The summed E-state index contributed by atoms with van der Waals surface area (Å²) in [5.41, 5.74) is 12.9. The number of halogens is 1. The number of rotatable bonds is 8. The van der Waals surface area contributed by atoms with Gasteiger partial charge in [-0.05, 0) is 121 Å². The normalized spacial score (nSPS) is 11.7. The monoisotopic (exact) mass is 784 g/mol. The summed E-state index contributed by atoms with van der Waals surface area (Å²) in [7, 11) is 0. The van der Waals surface area contributed by atoms with E-state index >= 15 is 0 Å². The lowest BCUT2D eigenvalue weighted by Crippen LogP contribution is -2.11. The smallest absolute Gasteiger partial charge is 0.123 e. The first-order valence-corrected chi connectivity index (χ1v) is 20.6. The van der Waals surface area contributed by atoms with Gasteiger partial charge in [0.25, 0.3) is 0 Å². The topological polar surface area (TPSA) is 16.3 Å². The highest BCUT2D eigenvalue weighted by atomic mass is 19.1. The molecule has 5 heteroatoms. The summed E-state index contributed by atoms with van der Waals surface area (Å²) >= 11 is 0. The second-order valence-corrected chi connectivity index (χ2v) is 15.5. The van der Waals surface area contributed by atoms with Crippen molar-refractivity contribution in [3.63, 3.8) is 0 Å². The molecular formula is C56H37FN4. The van der Waals surface area contributed by atoms with E-state index in [1.807, 2.05) is 18.2 Å². The maximum absolute atomic E-state index is 14.4. The van der Waals surface area contributed by atoms with Gasteiger partial charge >= 0.3 is 0 Å². The Balaban J connectivity index is 1.17. The van der Waals surface area contributed by atoms with Crippen LogP contribution in [0, 0.1) is 5.82 Å². The van der Waals surface area contributed by atoms with E-state index in [2.05, 4.69) is 213 Å². The zero-order valence-corrected chi connectivity index (χ0v) is 33.0. The van der Waals surface area contributed by atoms with E-state index in [9.17, 15) is 4.39 Å². The highest BCUT2D eigenvalue weighted by Gasteiger charge is 2.26. The summed E-state index contributed by atoms with van der Waals surface area (Å²) in [5, 5.41) is 7.00. The molecule has 0 aliphatic heterocycles. The summed E-state index contributed by atoms with van der Waals surface area (Å²) in [6.45, 7) is 0. The van der Waals surface area contributed by atoms with Crippen molar-refractivity contribution >= 4 is 88.5 Å². The fraction of sp³-hybridized carbons (Fsp3) is 0. The number of benzene rings is 10. The first-order chi connectivity index (χ1) is 30.2. The number of hydrogen-bond donors (Lipinski definition) is 0.